The molecule has 2 aromatic carbocycles. The summed E-state index contributed by atoms with van der Waals surface area (Å²) in [7, 11) is 0. The Labute approximate surface area is 252 Å². The van der Waals surface area contributed by atoms with E-state index < -0.39 is 0 Å². The van der Waals surface area contributed by atoms with Crippen molar-refractivity contribution in [2.75, 3.05) is 29.5 Å². The summed E-state index contributed by atoms with van der Waals surface area (Å²) in [4.78, 5) is 9.18. The molecule has 0 unspecified atom stereocenters. The number of ether oxygens (including phenoxy) is 1. The number of nitrogens with zero attached hydrogens (tertiary/aromatic N) is 3. The van der Waals surface area contributed by atoms with E-state index in [-0.39, 0.29) is 12.1 Å². The van der Waals surface area contributed by atoms with Crippen LogP contribution < -0.4 is 19.9 Å². The molecule has 2 fully saturated rings. The zero-order chi connectivity index (χ0) is 28.5. The highest BCUT2D eigenvalue weighted by Gasteiger charge is 2.43. The smallest absolute Gasteiger partial charge is 0.174 e. The molecular weight excluding hydrogens is 552 g/mol. The van der Waals surface area contributed by atoms with Crippen LogP contribution in [0.25, 0.3) is 11.3 Å². The Morgan fingerprint density at radius 3 is 2.49 bits per heavy atom. The maximum atomic E-state index is 6.97. The van der Waals surface area contributed by atoms with Gasteiger partial charge in [0.15, 0.2) is 5.11 Å². The van der Waals surface area contributed by atoms with E-state index in [1.165, 1.54) is 6.42 Å². The minimum atomic E-state index is -0.259. The molecule has 2 aromatic heterocycles. The molecular formula is C33H35ClN4O2S. The molecule has 2 saturated heterocycles. The fraction of sp³-hybridized carbons (Fsp3) is 0.333. The minimum absolute atomic E-state index is 0.203. The average Bonchev–Trinajstić information content (AvgIpc) is 3.58. The molecule has 0 radical (unpaired) electrons. The highest BCUT2D eigenvalue weighted by molar-refractivity contribution is 7.80. The van der Waals surface area contributed by atoms with Gasteiger partial charge in [-0.1, -0.05) is 31.5 Å². The molecule has 0 bridgehead atoms. The van der Waals surface area contributed by atoms with Gasteiger partial charge < -0.3 is 24.3 Å². The molecule has 6 rings (SSSR count). The summed E-state index contributed by atoms with van der Waals surface area (Å²) in [5.41, 5.74) is 3.85. The van der Waals surface area contributed by atoms with Crippen molar-refractivity contribution < 1.29 is 9.15 Å². The maximum Gasteiger partial charge on any atom is 0.174 e. The van der Waals surface area contributed by atoms with Gasteiger partial charge in [-0.2, -0.15) is 0 Å². The van der Waals surface area contributed by atoms with Crippen molar-refractivity contribution in [3.63, 3.8) is 0 Å². The number of rotatable bonds is 7. The molecule has 41 heavy (non-hydrogen) atoms. The zero-order valence-corrected chi connectivity index (χ0v) is 25.2. The first-order chi connectivity index (χ1) is 19.9. The Morgan fingerprint density at radius 2 is 1.80 bits per heavy atom. The number of hydrogen-bond acceptors (Lipinski definition) is 5. The van der Waals surface area contributed by atoms with E-state index in [2.05, 4.69) is 46.1 Å². The molecule has 2 aliphatic rings. The average molecular weight is 587 g/mol. The standard InChI is InChI=1S/C33H35ClN4O2S/c1-4-39-25-11-8-23(9-12-25)29-14-15-30(40-29)32-31(27-7-5-6-16-35-27)36-33(41)38(32)24-10-13-28(26(34)18-24)37-19-21(2)17-22(3)20-37/h5-16,18,21-22,31-32H,4,17,19-20H2,1-3H3,(H,36,41)/t21-,22+,31-,32-/m0/s1. The number of nitrogens with one attached hydrogen (secondary N) is 1. The van der Waals surface area contributed by atoms with Crippen molar-refractivity contribution in [2.24, 2.45) is 11.8 Å². The summed E-state index contributed by atoms with van der Waals surface area (Å²) in [6.07, 6.45) is 3.05. The second-order valence-corrected chi connectivity index (χ2v) is 11.9. The first-order valence-corrected chi connectivity index (χ1v) is 15.1. The van der Waals surface area contributed by atoms with E-state index in [0.29, 0.717) is 23.6 Å². The minimum Gasteiger partial charge on any atom is -0.494 e. The van der Waals surface area contributed by atoms with Gasteiger partial charge in [0.05, 0.1) is 29.1 Å². The topological polar surface area (TPSA) is 53.8 Å². The van der Waals surface area contributed by atoms with Gasteiger partial charge in [0, 0.05) is 30.5 Å². The highest BCUT2D eigenvalue weighted by Crippen LogP contribution is 2.44. The van der Waals surface area contributed by atoms with Gasteiger partial charge in [-0.25, -0.2) is 0 Å². The van der Waals surface area contributed by atoms with Crippen LogP contribution in [-0.4, -0.2) is 29.8 Å². The quantitative estimate of drug-likeness (QED) is 0.220. The summed E-state index contributed by atoms with van der Waals surface area (Å²) in [6.45, 7) is 9.26. The van der Waals surface area contributed by atoms with Gasteiger partial charge in [-0.15, -0.1) is 0 Å². The van der Waals surface area contributed by atoms with Gasteiger partial charge in [-0.05, 0) is 104 Å². The first kappa shape index (κ1) is 27.6. The molecule has 0 saturated carbocycles. The second kappa shape index (κ2) is 11.7. The van der Waals surface area contributed by atoms with Crippen molar-refractivity contribution in [3.05, 3.63) is 95.5 Å². The van der Waals surface area contributed by atoms with Crippen LogP contribution in [-0.2, 0) is 0 Å². The van der Waals surface area contributed by atoms with E-state index in [0.717, 1.165) is 58.0 Å². The third kappa shape index (κ3) is 5.66. The van der Waals surface area contributed by atoms with E-state index in [1.54, 1.807) is 6.20 Å². The highest BCUT2D eigenvalue weighted by atomic mass is 35.5. The van der Waals surface area contributed by atoms with Gasteiger partial charge in [0.25, 0.3) is 0 Å². The predicted molar refractivity (Wildman–Crippen MR) is 170 cm³/mol. The van der Waals surface area contributed by atoms with E-state index in [9.17, 15) is 0 Å². The van der Waals surface area contributed by atoms with Crippen LogP contribution in [0.3, 0.4) is 0 Å². The van der Waals surface area contributed by atoms with Crippen LogP contribution in [0.1, 0.15) is 50.7 Å². The molecule has 0 aliphatic carbocycles. The number of aromatic nitrogens is 1. The van der Waals surface area contributed by atoms with Gasteiger partial charge in [-0.3, -0.25) is 4.98 Å². The Hall–Kier alpha value is -3.55. The Kier molecular flexibility index (Phi) is 7.91. The molecule has 0 spiro atoms. The van der Waals surface area contributed by atoms with Gasteiger partial charge in [0.1, 0.15) is 23.3 Å². The summed E-state index contributed by atoms with van der Waals surface area (Å²) in [5, 5.41) is 4.84. The van der Waals surface area contributed by atoms with Crippen LogP contribution in [0.2, 0.25) is 5.02 Å². The zero-order valence-electron chi connectivity index (χ0n) is 23.6. The number of pyridine rings is 1. The lowest BCUT2D eigenvalue weighted by molar-refractivity contribution is 0.340. The van der Waals surface area contributed by atoms with Crippen molar-refractivity contribution in [1.29, 1.82) is 0 Å². The summed E-state index contributed by atoms with van der Waals surface area (Å²) < 4.78 is 12.1. The largest absolute Gasteiger partial charge is 0.494 e. The Balaban J connectivity index is 1.35. The van der Waals surface area contributed by atoms with Crippen molar-refractivity contribution in [1.82, 2.24) is 10.3 Å². The fourth-order valence-electron chi connectivity index (χ4n) is 6.23. The molecule has 2 aliphatic heterocycles. The van der Waals surface area contributed by atoms with Crippen LogP contribution in [0.4, 0.5) is 11.4 Å². The Morgan fingerprint density at radius 1 is 1.02 bits per heavy atom. The number of hydrogen-bond donors (Lipinski definition) is 1. The van der Waals surface area contributed by atoms with Crippen LogP contribution >= 0.6 is 23.8 Å². The third-order valence-corrected chi connectivity index (χ3v) is 8.50. The number of anilines is 2. The summed E-state index contributed by atoms with van der Waals surface area (Å²) in [5.74, 6) is 3.68. The third-order valence-electron chi connectivity index (χ3n) is 7.89. The lowest BCUT2D eigenvalue weighted by Gasteiger charge is -2.37. The van der Waals surface area contributed by atoms with Gasteiger partial charge >= 0.3 is 0 Å². The van der Waals surface area contributed by atoms with Crippen molar-refractivity contribution >= 4 is 40.3 Å². The predicted octanol–water partition coefficient (Wildman–Crippen LogP) is 8.05. The first-order valence-electron chi connectivity index (χ1n) is 14.3. The SMILES string of the molecule is CCOc1ccc(-c2ccc([C@H]3[C@H](c4ccccn4)NC(=S)N3c3ccc(N4C[C@H](C)C[C@H](C)C4)c(Cl)c3)o2)cc1. The maximum absolute atomic E-state index is 6.97. The van der Waals surface area contributed by atoms with E-state index >= 15 is 0 Å². The molecule has 212 valence electrons. The lowest BCUT2D eigenvalue weighted by Crippen LogP contribution is -2.38. The molecule has 4 aromatic rings. The van der Waals surface area contributed by atoms with Gasteiger partial charge in [0.2, 0.25) is 0 Å². The molecule has 1 N–H and O–H groups in total. The van der Waals surface area contributed by atoms with Crippen LogP contribution in [0.15, 0.2) is 83.4 Å². The van der Waals surface area contributed by atoms with Crippen molar-refractivity contribution in [2.45, 2.75) is 39.3 Å². The van der Waals surface area contributed by atoms with Crippen molar-refractivity contribution in [3.8, 4) is 17.1 Å². The number of thiocarbonyl (C=S) groups is 1. The fourth-order valence-corrected chi connectivity index (χ4v) is 6.87. The number of benzene rings is 2. The van der Waals surface area contributed by atoms with E-state index in [1.807, 2.05) is 67.6 Å². The molecule has 6 nitrogen and oxygen atoms in total. The molecule has 4 atom stereocenters. The second-order valence-electron chi connectivity index (χ2n) is 11.1. The Bertz CT molecular complexity index is 1500. The lowest BCUT2D eigenvalue weighted by atomic mass is 9.91. The molecule has 0 amide bonds. The molecule has 8 heteroatoms. The summed E-state index contributed by atoms with van der Waals surface area (Å²) >= 11 is 12.9. The van der Waals surface area contributed by atoms with Crippen LogP contribution in [0, 0.1) is 11.8 Å². The number of furan rings is 1. The monoisotopic (exact) mass is 586 g/mol. The number of halogens is 1. The number of piperidine rings is 1. The van der Waals surface area contributed by atoms with E-state index in [4.69, 9.17) is 33.0 Å². The normalized spacial score (nSPS) is 22.6. The molecule has 4 heterocycles. The van der Waals surface area contributed by atoms with Crippen LogP contribution in [0.5, 0.6) is 5.75 Å². The summed E-state index contributed by atoms with van der Waals surface area (Å²) in [6, 6.07) is 23.7.